The Bertz CT molecular complexity index is 629. The van der Waals surface area contributed by atoms with Crippen molar-refractivity contribution in [3.05, 3.63) is 24.0 Å². The van der Waals surface area contributed by atoms with Gasteiger partial charge in [0.05, 0.1) is 18.0 Å². The molecule has 0 N–H and O–H groups in total. The zero-order chi connectivity index (χ0) is 14.3. The molecule has 108 valence electrons. The van der Waals surface area contributed by atoms with Gasteiger partial charge in [-0.3, -0.25) is 0 Å². The minimum atomic E-state index is -0.101. The molecule has 1 aromatic carbocycles. The maximum Gasteiger partial charge on any atom is 0.146 e. The summed E-state index contributed by atoms with van der Waals surface area (Å²) in [6, 6.07) is 6.08. The van der Waals surface area contributed by atoms with Gasteiger partial charge >= 0.3 is 0 Å². The maximum atomic E-state index is 6.34. The monoisotopic (exact) mass is 292 g/mol. The van der Waals surface area contributed by atoms with Crippen molar-refractivity contribution in [3.8, 4) is 5.75 Å². The number of halogens is 1. The van der Waals surface area contributed by atoms with Crippen molar-refractivity contribution < 1.29 is 4.74 Å². The van der Waals surface area contributed by atoms with Gasteiger partial charge in [0.1, 0.15) is 17.1 Å². The van der Waals surface area contributed by atoms with Gasteiger partial charge in [-0.15, -0.1) is 11.6 Å². The van der Waals surface area contributed by atoms with Crippen molar-refractivity contribution in [2.24, 2.45) is 5.41 Å². The van der Waals surface area contributed by atoms with E-state index in [4.69, 9.17) is 21.3 Å². The Labute approximate surface area is 124 Å². The van der Waals surface area contributed by atoms with Gasteiger partial charge in [0.15, 0.2) is 0 Å². The first-order chi connectivity index (χ1) is 9.54. The van der Waals surface area contributed by atoms with E-state index in [1.807, 2.05) is 19.1 Å². The molecule has 3 rings (SSSR count). The summed E-state index contributed by atoms with van der Waals surface area (Å²) in [6.45, 7) is 5.32. The Hall–Kier alpha value is -1.22. The molecule has 0 amide bonds. The second-order valence-corrected chi connectivity index (χ2v) is 6.82. The van der Waals surface area contributed by atoms with Crippen LogP contribution in [0.25, 0.3) is 11.0 Å². The smallest absolute Gasteiger partial charge is 0.146 e. The quantitative estimate of drug-likeness (QED) is 0.774. The van der Waals surface area contributed by atoms with Crippen molar-refractivity contribution in [1.29, 1.82) is 0 Å². The Morgan fingerprint density at radius 3 is 2.75 bits per heavy atom. The minimum Gasteiger partial charge on any atom is -0.494 e. The Morgan fingerprint density at radius 1 is 1.45 bits per heavy atom. The highest BCUT2D eigenvalue weighted by molar-refractivity contribution is 6.20. The topological polar surface area (TPSA) is 27.1 Å². The fourth-order valence-electron chi connectivity index (χ4n) is 3.09. The molecule has 3 nitrogen and oxygen atoms in total. The standard InChI is InChI=1S/C16H21ClN2O/c1-11(17)15-18-14-12(6-4-7-13(14)20-3)19(15)10-16(2)8-5-9-16/h4,6-7,11H,5,8-10H2,1-3H3. The lowest BCUT2D eigenvalue weighted by Gasteiger charge is -2.39. The summed E-state index contributed by atoms with van der Waals surface area (Å²) >= 11 is 6.34. The van der Waals surface area contributed by atoms with Crippen LogP contribution in [0.15, 0.2) is 18.2 Å². The molecule has 1 aromatic heterocycles. The minimum absolute atomic E-state index is 0.101. The third kappa shape index (κ3) is 2.18. The second kappa shape index (κ2) is 4.96. The molecule has 0 radical (unpaired) electrons. The molecule has 1 fully saturated rings. The predicted molar refractivity (Wildman–Crippen MR) is 82.5 cm³/mol. The summed E-state index contributed by atoms with van der Waals surface area (Å²) in [5.41, 5.74) is 2.43. The van der Waals surface area contributed by atoms with E-state index in [1.54, 1.807) is 7.11 Å². The summed E-state index contributed by atoms with van der Waals surface area (Å²) in [5.74, 6) is 1.76. The Kier molecular flexibility index (Phi) is 3.41. The van der Waals surface area contributed by atoms with Gasteiger partial charge in [0, 0.05) is 6.54 Å². The molecule has 1 atom stereocenters. The summed E-state index contributed by atoms with van der Waals surface area (Å²) in [5, 5.41) is -0.101. The van der Waals surface area contributed by atoms with Crippen molar-refractivity contribution in [2.75, 3.05) is 7.11 Å². The largest absolute Gasteiger partial charge is 0.494 e. The highest BCUT2D eigenvalue weighted by Crippen LogP contribution is 2.43. The number of hydrogen-bond acceptors (Lipinski definition) is 2. The third-order valence-electron chi connectivity index (χ3n) is 4.45. The van der Waals surface area contributed by atoms with Gasteiger partial charge < -0.3 is 9.30 Å². The first-order valence-electron chi connectivity index (χ1n) is 7.21. The van der Waals surface area contributed by atoms with E-state index in [-0.39, 0.29) is 5.38 Å². The van der Waals surface area contributed by atoms with Crippen LogP contribution in [0.4, 0.5) is 0 Å². The van der Waals surface area contributed by atoms with Crippen LogP contribution in [0.3, 0.4) is 0 Å². The summed E-state index contributed by atoms with van der Waals surface area (Å²) < 4.78 is 7.71. The average molecular weight is 293 g/mol. The Morgan fingerprint density at radius 2 is 2.20 bits per heavy atom. The zero-order valence-electron chi connectivity index (χ0n) is 12.3. The molecular weight excluding hydrogens is 272 g/mol. The number of nitrogens with zero attached hydrogens (tertiary/aromatic N) is 2. The molecule has 1 unspecified atom stereocenters. The maximum absolute atomic E-state index is 6.34. The van der Waals surface area contributed by atoms with Crippen LogP contribution < -0.4 is 4.74 Å². The molecule has 0 bridgehead atoms. The number of alkyl halides is 1. The van der Waals surface area contributed by atoms with E-state index < -0.39 is 0 Å². The van der Waals surface area contributed by atoms with Gasteiger partial charge in [0.2, 0.25) is 0 Å². The van der Waals surface area contributed by atoms with Crippen LogP contribution in [-0.2, 0) is 6.54 Å². The van der Waals surface area contributed by atoms with Gasteiger partial charge in [-0.1, -0.05) is 19.4 Å². The number of rotatable bonds is 4. The van der Waals surface area contributed by atoms with E-state index >= 15 is 0 Å². The third-order valence-corrected chi connectivity index (χ3v) is 4.64. The van der Waals surface area contributed by atoms with E-state index in [0.717, 1.165) is 29.2 Å². The van der Waals surface area contributed by atoms with Crippen LogP contribution in [0.2, 0.25) is 0 Å². The van der Waals surface area contributed by atoms with Crippen molar-refractivity contribution in [1.82, 2.24) is 9.55 Å². The molecule has 1 saturated carbocycles. The number of methoxy groups -OCH3 is 1. The molecular formula is C16H21ClN2O. The van der Waals surface area contributed by atoms with Crippen molar-refractivity contribution in [3.63, 3.8) is 0 Å². The normalized spacial score (nSPS) is 18.8. The van der Waals surface area contributed by atoms with Crippen LogP contribution in [0.1, 0.15) is 44.3 Å². The molecule has 0 aliphatic heterocycles. The summed E-state index contributed by atoms with van der Waals surface area (Å²) in [6.07, 6.45) is 3.90. The number of fused-ring (bicyclic) bond motifs is 1. The molecule has 20 heavy (non-hydrogen) atoms. The van der Waals surface area contributed by atoms with E-state index in [0.29, 0.717) is 5.41 Å². The van der Waals surface area contributed by atoms with Gasteiger partial charge in [0.25, 0.3) is 0 Å². The van der Waals surface area contributed by atoms with E-state index in [2.05, 4.69) is 17.6 Å². The van der Waals surface area contributed by atoms with Crippen molar-refractivity contribution in [2.45, 2.75) is 45.0 Å². The summed E-state index contributed by atoms with van der Waals surface area (Å²) in [7, 11) is 1.69. The van der Waals surface area contributed by atoms with Crippen LogP contribution in [-0.4, -0.2) is 16.7 Å². The summed E-state index contributed by atoms with van der Waals surface area (Å²) in [4.78, 5) is 4.73. The highest BCUT2D eigenvalue weighted by atomic mass is 35.5. The second-order valence-electron chi connectivity index (χ2n) is 6.16. The van der Waals surface area contributed by atoms with E-state index in [9.17, 15) is 0 Å². The van der Waals surface area contributed by atoms with Gasteiger partial charge in [-0.25, -0.2) is 4.98 Å². The van der Waals surface area contributed by atoms with Gasteiger partial charge in [-0.2, -0.15) is 0 Å². The molecule has 1 aliphatic carbocycles. The Balaban J connectivity index is 2.14. The fraction of sp³-hybridized carbons (Fsp3) is 0.562. The predicted octanol–water partition coefficient (Wildman–Crippen LogP) is 4.53. The number of para-hydroxylation sites is 1. The molecule has 4 heteroatoms. The van der Waals surface area contributed by atoms with Crippen molar-refractivity contribution >= 4 is 22.6 Å². The lowest BCUT2D eigenvalue weighted by Crippen LogP contribution is -2.31. The number of hydrogen-bond donors (Lipinski definition) is 0. The lowest BCUT2D eigenvalue weighted by molar-refractivity contribution is 0.132. The SMILES string of the molecule is COc1cccc2c1nc(C(C)Cl)n2CC1(C)CCC1. The first kappa shape index (κ1) is 13.7. The number of benzene rings is 1. The molecule has 0 spiro atoms. The van der Waals surface area contributed by atoms with Crippen LogP contribution in [0, 0.1) is 5.41 Å². The lowest BCUT2D eigenvalue weighted by atomic mass is 9.70. The number of imidazole rings is 1. The first-order valence-corrected chi connectivity index (χ1v) is 7.65. The van der Waals surface area contributed by atoms with Gasteiger partial charge in [-0.05, 0) is 37.3 Å². The fourth-order valence-corrected chi connectivity index (χ4v) is 3.26. The molecule has 1 heterocycles. The number of ether oxygens (including phenoxy) is 1. The van der Waals surface area contributed by atoms with E-state index in [1.165, 1.54) is 19.3 Å². The molecule has 0 saturated heterocycles. The number of aromatic nitrogens is 2. The average Bonchev–Trinajstić information content (AvgIpc) is 2.76. The molecule has 1 aliphatic rings. The highest BCUT2D eigenvalue weighted by Gasteiger charge is 2.33. The zero-order valence-corrected chi connectivity index (χ0v) is 13.1. The van der Waals surface area contributed by atoms with Crippen LogP contribution >= 0.6 is 11.6 Å². The molecule has 2 aromatic rings. The van der Waals surface area contributed by atoms with Crippen LogP contribution in [0.5, 0.6) is 5.75 Å².